The lowest BCUT2D eigenvalue weighted by atomic mass is 9.66. The summed E-state index contributed by atoms with van der Waals surface area (Å²) in [5, 5.41) is 5.78. The van der Waals surface area contributed by atoms with Crippen LogP contribution in [0, 0.1) is 5.41 Å². The van der Waals surface area contributed by atoms with Crippen molar-refractivity contribution in [3.63, 3.8) is 0 Å². The summed E-state index contributed by atoms with van der Waals surface area (Å²) in [5.74, 6) is 0.455. The van der Waals surface area contributed by atoms with E-state index in [4.69, 9.17) is 0 Å². The van der Waals surface area contributed by atoms with Gasteiger partial charge >= 0.3 is 6.03 Å². The number of nitrogens with zero attached hydrogens (tertiary/aromatic N) is 1. The molecular weight excluding hydrogens is 290 g/mol. The van der Waals surface area contributed by atoms with Gasteiger partial charge in [0.2, 0.25) is 5.91 Å². The summed E-state index contributed by atoms with van der Waals surface area (Å²) in [7, 11) is 0. The minimum absolute atomic E-state index is 0.190. The van der Waals surface area contributed by atoms with E-state index in [1.54, 1.807) is 4.90 Å². The quantitative estimate of drug-likeness (QED) is 0.881. The van der Waals surface area contributed by atoms with Gasteiger partial charge in [-0.15, -0.1) is 0 Å². The number of nitrogens with one attached hydrogen (secondary N) is 2. The van der Waals surface area contributed by atoms with Gasteiger partial charge in [0, 0.05) is 31.7 Å². The number of hydrogen-bond donors (Lipinski definition) is 2. The predicted octanol–water partition coefficient (Wildman–Crippen LogP) is 2.38. The standard InChI is InChI=1S/C18H23N3O2/c22-16-7-10-21(17(23)20-16)15-3-1-13(2-4-15)14-5-8-18(9-6-14)11-19-12-18/h1-4,14,19H,5-12H2,(H,20,22,23). The van der Waals surface area contributed by atoms with E-state index in [-0.39, 0.29) is 11.9 Å². The second-order valence-corrected chi connectivity index (χ2v) is 7.22. The van der Waals surface area contributed by atoms with Crippen LogP contribution in [0.3, 0.4) is 0 Å². The molecule has 5 heteroatoms. The number of urea groups is 1. The van der Waals surface area contributed by atoms with Crippen molar-refractivity contribution in [2.75, 3.05) is 24.5 Å². The van der Waals surface area contributed by atoms with E-state index in [1.165, 1.54) is 44.3 Å². The first-order chi connectivity index (χ1) is 11.2. The maximum absolute atomic E-state index is 11.9. The number of carbonyl (C=O) groups is 2. The Kier molecular flexibility index (Phi) is 3.60. The molecule has 122 valence electrons. The molecule has 1 aromatic carbocycles. The van der Waals surface area contributed by atoms with Crippen LogP contribution in [-0.4, -0.2) is 31.6 Å². The van der Waals surface area contributed by atoms with E-state index in [2.05, 4.69) is 22.8 Å². The van der Waals surface area contributed by atoms with Gasteiger partial charge in [0.15, 0.2) is 0 Å². The molecule has 3 amide bonds. The van der Waals surface area contributed by atoms with Crippen molar-refractivity contribution in [2.45, 2.75) is 38.0 Å². The van der Waals surface area contributed by atoms with Crippen LogP contribution in [0.15, 0.2) is 24.3 Å². The van der Waals surface area contributed by atoms with Crippen molar-refractivity contribution >= 4 is 17.6 Å². The molecule has 2 heterocycles. The maximum Gasteiger partial charge on any atom is 0.328 e. The molecule has 2 aliphatic heterocycles. The first-order valence-electron chi connectivity index (χ1n) is 8.57. The van der Waals surface area contributed by atoms with Gasteiger partial charge in [-0.2, -0.15) is 0 Å². The molecule has 23 heavy (non-hydrogen) atoms. The van der Waals surface area contributed by atoms with E-state index < -0.39 is 0 Å². The first kappa shape index (κ1) is 14.7. The van der Waals surface area contributed by atoms with Crippen molar-refractivity contribution < 1.29 is 9.59 Å². The minimum atomic E-state index is -0.314. The van der Waals surface area contributed by atoms with Crippen LogP contribution in [0.2, 0.25) is 0 Å². The zero-order valence-corrected chi connectivity index (χ0v) is 13.3. The van der Waals surface area contributed by atoms with Crippen LogP contribution in [0.1, 0.15) is 43.6 Å². The van der Waals surface area contributed by atoms with Gasteiger partial charge in [-0.05, 0) is 54.7 Å². The molecule has 1 aliphatic carbocycles. The number of amides is 3. The monoisotopic (exact) mass is 313 g/mol. The molecule has 1 spiro atoms. The third kappa shape index (κ3) is 2.74. The molecule has 4 rings (SSSR count). The molecule has 0 unspecified atom stereocenters. The molecule has 3 fully saturated rings. The Bertz CT molecular complexity index is 612. The average molecular weight is 313 g/mol. The Morgan fingerprint density at radius 3 is 2.30 bits per heavy atom. The predicted molar refractivity (Wildman–Crippen MR) is 88.5 cm³/mol. The summed E-state index contributed by atoms with van der Waals surface area (Å²) in [6, 6.07) is 8.02. The van der Waals surface area contributed by atoms with Crippen LogP contribution in [0.5, 0.6) is 0 Å². The highest BCUT2D eigenvalue weighted by atomic mass is 16.2. The largest absolute Gasteiger partial charge is 0.328 e. The molecule has 0 bridgehead atoms. The Hall–Kier alpha value is -1.88. The normalized spacial score (nSPS) is 24.4. The van der Waals surface area contributed by atoms with E-state index >= 15 is 0 Å². The van der Waals surface area contributed by atoms with Crippen LogP contribution < -0.4 is 15.5 Å². The number of benzene rings is 1. The SMILES string of the molecule is O=C1CCN(c2ccc(C3CCC4(CC3)CNC4)cc2)C(=O)N1. The second kappa shape index (κ2) is 5.64. The van der Waals surface area contributed by atoms with Crippen LogP contribution in [-0.2, 0) is 4.79 Å². The highest BCUT2D eigenvalue weighted by Gasteiger charge is 2.40. The number of rotatable bonds is 2. The Morgan fingerprint density at radius 2 is 1.74 bits per heavy atom. The molecule has 2 saturated heterocycles. The van der Waals surface area contributed by atoms with E-state index in [9.17, 15) is 9.59 Å². The van der Waals surface area contributed by atoms with Gasteiger partial charge in [0.25, 0.3) is 0 Å². The molecule has 1 aromatic rings. The van der Waals surface area contributed by atoms with Crippen LogP contribution in [0.4, 0.5) is 10.5 Å². The summed E-state index contributed by atoms with van der Waals surface area (Å²) >= 11 is 0. The summed E-state index contributed by atoms with van der Waals surface area (Å²) in [4.78, 5) is 24.8. The van der Waals surface area contributed by atoms with Crippen molar-refractivity contribution in [1.29, 1.82) is 0 Å². The molecule has 3 aliphatic rings. The zero-order valence-electron chi connectivity index (χ0n) is 13.3. The molecule has 2 N–H and O–H groups in total. The fourth-order valence-electron chi connectivity index (χ4n) is 4.13. The first-order valence-corrected chi connectivity index (χ1v) is 8.57. The average Bonchev–Trinajstić information content (AvgIpc) is 2.54. The Labute approximate surface area is 136 Å². The number of carbonyl (C=O) groups excluding carboxylic acids is 2. The summed E-state index contributed by atoms with van der Waals surface area (Å²) in [6.45, 7) is 2.85. The lowest BCUT2D eigenvalue weighted by Gasteiger charge is -2.47. The summed E-state index contributed by atoms with van der Waals surface area (Å²) in [5.41, 5.74) is 2.84. The van der Waals surface area contributed by atoms with Gasteiger partial charge in [-0.3, -0.25) is 15.0 Å². The molecule has 5 nitrogen and oxygen atoms in total. The fraction of sp³-hybridized carbons (Fsp3) is 0.556. The lowest BCUT2D eigenvalue weighted by Crippen LogP contribution is -2.54. The van der Waals surface area contributed by atoms with Gasteiger partial charge in [-0.1, -0.05) is 12.1 Å². The molecular formula is C18H23N3O2. The van der Waals surface area contributed by atoms with E-state index in [0.717, 1.165) is 5.69 Å². The highest BCUT2D eigenvalue weighted by Crippen LogP contribution is 2.45. The second-order valence-electron chi connectivity index (χ2n) is 7.22. The van der Waals surface area contributed by atoms with Crippen LogP contribution in [0.25, 0.3) is 0 Å². The van der Waals surface area contributed by atoms with Gasteiger partial charge in [0.05, 0.1) is 0 Å². The van der Waals surface area contributed by atoms with Crippen LogP contribution >= 0.6 is 0 Å². The maximum atomic E-state index is 11.9. The van der Waals surface area contributed by atoms with Gasteiger partial charge in [-0.25, -0.2) is 4.79 Å². The van der Waals surface area contributed by atoms with Crippen molar-refractivity contribution in [3.8, 4) is 0 Å². The summed E-state index contributed by atoms with van der Waals surface area (Å²) in [6.07, 6.45) is 5.54. The summed E-state index contributed by atoms with van der Waals surface area (Å²) < 4.78 is 0. The molecule has 1 saturated carbocycles. The molecule has 0 radical (unpaired) electrons. The number of anilines is 1. The van der Waals surface area contributed by atoms with Crippen molar-refractivity contribution in [3.05, 3.63) is 29.8 Å². The number of imide groups is 1. The third-order valence-corrected chi connectivity index (χ3v) is 5.78. The topological polar surface area (TPSA) is 61.4 Å². The number of hydrogen-bond acceptors (Lipinski definition) is 3. The third-order valence-electron chi connectivity index (χ3n) is 5.78. The van der Waals surface area contributed by atoms with E-state index in [1.807, 2.05) is 12.1 Å². The fourth-order valence-corrected chi connectivity index (χ4v) is 4.13. The smallest absolute Gasteiger partial charge is 0.316 e. The highest BCUT2D eigenvalue weighted by molar-refractivity contribution is 6.05. The lowest BCUT2D eigenvalue weighted by molar-refractivity contribution is -0.120. The van der Waals surface area contributed by atoms with Crippen molar-refractivity contribution in [1.82, 2.24) is 10.6 Å². The Balaban J connectivity index is 1.42. The minimum Gasteiger partial charge on any atom is -0.316 e. The van der Waals surface area contributed by atoms with Crippen molar-refractivity contribution in [2.24, 2.45) is 5.41 Å². The van der Waals surface area contributed by atoms with E-state index in [0.29, 0.717) is 24.3 Å². The Morgan fingerprint density at radius 1 is 1.04 bits per heavy atom. The van der Waals surface area contributed by atoms with Gasteiger partial charge in [0.1, 0.15) is 0 Å². The van der Waals surface area contributed by atoms with Gasteiger partial charge < -0.3 is 5.32 Å². The molecule has 0 aromatic heterocycles. The molecule has 0 atom stereocenters. The zero-order chi connectivity index (χ0) is 15.9.